The van der Waals surface area contributed by atoms with Gasteiger partial charge in [-0.25, -0.2) is 9.31 Å². The third-order valence-corrected chi connectivity index (χ3v) is 5.59. The van der Waals surface area contributed by atoms with Crippen LogP contribution in [0, 0.1) is 6.92 Å². The minimum absolute atomic E-state index is 0.105. The molecule has 1 saturated heterocycles. The number of hydrogen-bond acceptors (Lipinski definition) is 3. The number of aryl methyl sites for hydroxylation is 1. The molecule has 130 valence electrons. The maximum Gasteiger partial charge on any atom is 0.407 e. The predicted octanol–water partition coefficient (Wildman–Crippen LogP) is 3.10. The van der Waals surface area contributed by atoms with E-state index < -0.39 is 6.09 Å². The van der Waals surface area contributed by atoms with Gasteiger partial charge in [-0.2, -0.15) is 5.10 Å². The average Bonchev–Trinajstić information content (AvgIpc) is 2.98. The number of piperidine rings is 1. The number of nitrogens with zero attached hydrogens (tertiary/aromatic N) is 3. The highest BCUT2D eigenvalue weighted by molar-refractivity contribution is 9.10. The molecule has 8 heteroatoms. The number of amides is 1. The molecule has 0 unspecified atom stereocenters. The molecule has 3 heterocycles. The maximum atomic E-state index is 12.2. The molecule has 2 N–H and O–H groups in total. The van der Waals surface area contributed by atoms with Crippen molar-refractivity contribution in [3.8, 4) is 0 Å². The second-order valence-corrected chi connectivity index (χ2v) is 7.30. The first-order valence-electron chi connectivity index (χ1n) is 8.14. The molecular weight excluding hydrogens is 388 g/mol. The van der Waals surface area contributed by atoms with E-state index in [1.165, 1.54) is 4.90 Å². The van der Waals surface area contributed by atoms with Crippen molar-refractivity contribution >= 4 is 38.6 Å². The Morgan fingerprint density at radius 2 is 2.08 bits per heavy atom. The number of aromatic nitrogens is 3. The van der Waals surface area contributed by atoms with Gasteiger partial charge in [-0.15, -0.1) is 0 Å². The summed E-state index contributed by atoms with van der Waals surface area (Å²) in [4.78, 5) is 27.7. The summed E-state index contributed by atoms with van der Waals surface area (Å²) in [5.41, 5.74) is 3.23. The van der Waals surface area contributed by atoms with Gasteiger partial charge in [-0.1, -0.05) is 6.07 Å². The summed E-state index contributed by atoms with van der Waals surface area (Å²) in [7, 11) is 0. The van der Waals surface area contributed by atoms with Crippen molar-refractivity contribution in [2.45, 2.75) is 25.7 Å². The van der Waals surface area contributed by atoms with Crippen LogP contribution in [0.25, 0.3) is 16.6 Å². The molecular formula is C17H17BrN4O3. The lowest BCUT2D eigenvalue weighted by Gasteiger charge is -2.30. The number of halogens is 1. The number of H-pyrrole nitrogens is 1. The van der Waals surface area contributed by atoms with E-state index in [0.29, 0.717) is 31.6 Å². The van der Waals surface area contributed by atoms with Crippen LogP contribution >= 0.6 is 15.9 Å². The summed E-state index contributed by atoms with van der Waals surface area (Å²) in [5, 5.41) is 14.7. The van der Waals surface area contributed by atoms with E-state index in [9.17, 15) is 9.59 Å². The fraction of sp³-hybridized carbons (Fsp3) is 0.353. The van der Waals surface area contributed by atoms with Crippen LogP contribution in [0.5, 0.6) is 0 Å². The van der Waals surface area contributed by atoms with Gasteiger partial charge in [0.25, 0.3) is 5.56 Å². The van der Waals surface area contributed by atoms with E-state index in [1.807, 2.05) is 23.6 Å². The first-order chi connectivity index (χ1) is 12.0. The van der Waals surface area contributed by atoms with E-state index in [1.54, 1.807) is 6.07 Å². The van der Waals surface area contributed by atoms with Crippen molar-refractivity contribution in [3.05, 3.63) is 44.3 Å². The van der Waals surface area contributed by atoms with Gasteiger partial charge < -0.3 is 15.0 Å². The monoisotopic (exact) mass is 404 g/mol. The standard InChI is InChI=1S/C17H17BrN4O3/c1-9-2-3-11(18)14-15(9)20-22-12(8-13(23)19-16(14)22)10-4-6-21(7-5-10)17(24)25/h2-3,8,10H,4-7H2,1H3,(H,19,23)(H,24,25). The van der Waals surface area contributed by atoms with Crippen LogP contribution in [-0.2, 0) is 0 Å². The average molecular weight is 405 g/mol. The fourth-order valence-corrected chi connectivity index (χ4v) is 4.10. The Labute approximate surface area is 151 Å². The van der Waals surface area contributed by atoms with Crippen molar-refractivity contribution in [1.82, 2.24) is 19.5 Å². The van der Waals surface area contributed by atoms with Gasteiger partial charge in [0.2, 0.25) is 0 Å². The quantitative estimate of drug-likeness (QED) is 0.651. The maximum absolute atomic E-state index is 12.2. The number of benzene rings is 1. The van der Waals surface area contributed by atoms with Crippen molar-refractivity contribution < 1.29 is 9.90 Å². The molecule has 0 radical (unpaired) electrons. The van der Waals surface area contributed by atoms with E-state index in [-0.39, 0.29) is 11.5 Å². The Morgan fingerprint density at radius 3 is 2.76 bits per heavy atom. The number of hydrogen-bond donors (Lipinski definition) is 2. The Morgan fingerprint density at radius 1 is 1.36 bits per heavy atom. The second kappa shape index (κ2) is 5.87. The number of nitrogens with one attached hydrogen (secondary N) is 1. The summed E-state index contributed by atoms with van der Waals surface area (Å²) in [6.07, 6.45) is 0.474. The normalized spacial score (nSPS) is 16.0. The van der Waals surface area contributed by atoms with Crippen LogP contribution in [0.4, 0.5) is 4.79 Å². The lowest BCUT2D eigenvalue weighted by Crippen LogP contribution is -2.37. The van der Waals surface area contributed by atoms with Crippen molar-refractivity contribution in [2.24, 2.45) is 0 Å². The molecule has 1 aliphatic heterocycles. The number of likely N-dealkylation sites (tertiary alicyclic amines) is 1. The molecule has 1 aliphatic rings. The fourth-order valence-electron chi connectivity index (χ4n) is 3.59. The largest absolute Gasteiger partial charge is 0.465 e. The minimum atomic E-state index is -0.890. The molecule has 2 aromatic heterocycles. The third kappa shape index (κ3) is 2.60. The molecule has 1 amide bonds. The van der Waals surface area contributed by atoms with Gasteiger partial charge in [0.05, 0.1) is 16.6 Å². The summed E-state index contributed by atoms with van der Waals surface area (Å²) >= 11 is 3.55. The number of carboxylic acid groups (broad SMARTS) is 1. The highest BCUT2D eigenvalue weighted by Crippen LogP contribution is 2.32. The summed E-state index contributed by atoms with van der Waals surface area (Å²) in [6.45, 7) is 2.93. The number of rotatable bonds is 1. The summed E-state index contributed by atoms with van der Waals surface area (Å²) < 4.78 is 2.70. The van der Waals surface area contributed by atoms with Crippen molar-refractivity contribution in [2.75, 3.05) is 13.1 Å². The molecule has 25 heavy (non-hydrogen) atoms. The van der Waals surface area contributed by atoms with Gasteiger partial charge in [-0.05, 0) is 47.3 Å². The zero-order valence-corrected chi connectivity index (χ0v) is 15.2. The molecule has 0 atom stereocenters. The zero-order chi connectivity index (χ0) is 17.7. The number of carbonyl (C=O) groups is 1. The van der Waals surface area contributed by atoms with E-state index >= 15 is 0 Å². The molecule has 0 aliphatic carbocycles. The minimum Gasteiger partial charge on any atom is -0.465 e. The van der Waals surface area contributed by atoms with Crippen LogP contribution in [0.3, 0.4) is 0 Å². The smallest absolute Gasteiger partial charge is 0.407 e. The molecule has 7 nitrogen and oxygen atoms in total. The first-order valence-corrected chi connectivity index (χ1v) is 8.93. The predicted molar refractivity (Wildman–Crippen MR) is 97.3 cm³/mol. The number of aromatic amines is 1. The van der Waals surface area contributed by atoms with Gasteiger partial charge in [0.1, 0.15) is 5.65 Å². The van der Waals surface area contributed by atoms with Crippen LogP contribution in [0.15, 0.2) is 27.5 Å². The van der Waals surface area contributed by atoms with E-state index in [4.69, 9.17) is 10.2 Å². The van der Waals surface area contributed by atoms with Crippen LogP contribution in [0.1, 0.15) is 30.0 Å². The van der Waals surface area contributed by atoms with Gasteiger partial charge in [-0.3, -0.25) is 4.79 Å². The van der Waals surface area contributed by atoms with Gasteiger partial charge in [0, 0.05) is 29.5 Å². The van der Waals surface area contributed by atoms with E-state index in [0.717, 1.165) is 26.6 Å². The van der Waals surface area contributed by atoms with Crippen LogP contribution < -0.4 is 5.56 Å². The molecule has 3 aromatic rings. The molecule has 0 bridgehead atoms. The second-order valence-electron chi connectivity index (χ2n) is 6.45. The van der Waals surface area contributed by atoms with Crippen LogP contribution in [-0.4, -0.2) is 43.8 Å². The Bertz CT molecular complexity index is 1050. The molecule has 0 saturated carbocycles. The Kier molecular flexibility index (Phi) is 3.79. The lowest BCUT2D eigenvalue weighted by molar-refractivity contribution is 0.131. The lowest BCUT2D eigenvalue weighted by atomic mass is 9.93. The van der Waals surface area contributed by atoms with Crippen molar-refractivity contribution in [3.63, 3.8) is 0 Å². The highest BCUT2D eigenvalue weighted by atomic mass is 79.9. The third-order valence-electron chi connectivity index (χ3n) is 4.93. The Balaban J connectivity index is 1.88. The molecule has 1 aromatic carbocycles. The first kappa shape index (κ1) is 16.1. The Hall–Kier alpha value is -2.35. The zero-order valence-electron chi connectivity index (χ0n) is 13.6. The van der Waals surface area contributed by atoms with E-state index in [2.05, 4.69) is 20.9 Å². The molecule has 4 rings (SSSR count). The molecule has 1 fully saturated rings. The summed E-state index contributed by atoms with van der Waals surface area (Å²) in [6, 6.07) is 5.53. The van der Waals surface area contributed by atoms with Gasteiger partial charge >= 0.3 is 6.09 Å². The van der Waals surface area contributed by atoms with Crippen molar-refractivity contribution in [1.29, 1.82) is 0 Å². The topological polar surface area (TPSA) is 90.7 Å². The highest BCUT2D eigenvalue weighted by Gasteiger charge is 2.26. The SMILES string of the molecule is Cc1ccc(Br)c2c1nn1c(C3CCN(C(=O)O)CC3)cc(=O)[nH]c21. The molecule has 0 spiro atoms. The van der Waals surface area contributed by atoms with Gasteiger partial charge in [0.15, 0.2) is 0 Å². The summed E-state index contributed by atoms with van der Waals surface area (Å²) in [5.74, 6) is 0.105. The number of fused-ring (bicyclic) bond motifs is 3. The van der Waals surface area contributed by atoms with Crippen LogP contribution in [0.2, 0.25) is 0 Å².